The van der Waals surface area contributed by atoms with Crippen LogP contribution in [0.15, 0.2) is 0 Å². The Bertz CT molecular complexity index is 403. The Kier molecular flexibility index (Phi) is 6.33. The third-order valence-corrected chi connectivity index (χ3v) is 4.36. The summed E-state index contributed by atoms with van der Waals surface area (Å²) < 4.78 is 5.07. The van der Waals surface area contributed by atoms with E-state index in [0.717, 1.165) is 44.0 Å². The van der Waals surface area contributed by atoms with Gasteiger partial charge in [-0.15, -0.1) is 0 Å². The van der Waals surface area contributed by atoms with E-state index in [9.17, 15) is 14.4 Å². The number of nitrogens with one attached hydrogen (secondary N) is 1. The van der Waals surface area contributed by atoms with Crippen molar-refractivity contribution in [2.45, 2.75) is 25.7 Å². The van der Waals surface area contributed by atoms with Crippen LogP contribution in [0, 0.1) is 5.92 Å². The Morgan fingerprint density at radius 2 is 1.86 bits per heavy atom. The first kappa shape index (κ1) is 16.9. The molecule has 3 amide bonds. The van der Waals surface area contributed by atoms with E-state index in [1.807, 2.05) is 0 Å². The molecular formula is C15H25N3O4. The second kappa shape index (κ2) is 8.24. The molecule has 0 aromatic rings. The number of hydrogen-bond donors (Lipinski definition) is 1. The highest BCUT2D eigenvalue weighted by Crippen LogP contribution is 2.16. The molecule has 7 heteroatoms. The van der Waals surface area contributed by atoms with Crippen LogP contribution in [0.25, 0.3) is 0 Å². The first-order chi connectivity index (χ1) is 10.6. The van der Waals surface area contributed by atoms with E-state index in [-0.39, 0.29) is 37.1 Å². The molecule has 0 unspecified atom stereocenters. The summed E-state index contributed by atoms with van der Waals surface area (Å²) in [5.74, 6) is -0.267. The molecule has 0 spiro atoms. The average Bonchev–Trinajstić information content (AvgIpc) is 2.84. The van der Waals surface area contributed by atoms with E-state index in [1.54, 1.807) is 7.11 Å². The fourth-order valence-corrected chi connectivity index (χ4v) is 2.89. The Balaban J connectivity index is 1.63. The summed E-state index contributed by atoms with van der Waals surface area (Å²) in [6.45, 7) is 4.23. The second-order valence-corrected chi connectivity index (χ2v) is 5.96. The highest BCUT2D eigenvalue weighted by atomic mass is 16.5. The van der Waals surface area contributed by atoms with Crippen molar-refractivity contribution >= 4 is 17.7 Å². The summed E-state index contributed by atoms with van der Waals surface area (Å²) in [5.41, 5.74) is 0. The minimum Gasteiger partial charge on any atom is -0.383 e. The normalized spacial score (nSPS) is 20.7. The van der Waals surface area contributed by atoms with Crippen LogP contribution >= 0.6 is 0 Å². The van der Waals surface area contributed by atoms with Crippen molar-refractivity contribution in [1.82, 2.24) is 15.1 Å². The largest absolute Gasteiger partial charge is 0.383 e. The molecule has 2 rings (SSSR count). The third kappa shape index (κ3) is 4.78. The SMILES string of the molecule is COCCN1CCC(CNC(=O)CN2C(=O)CCC2=O)CC1. The smallest absolute Gasteiger partial charge is 0.240 e. The van der Waals surface area contributed by atoms with Gasteiger partial charge < -0.3 is 15.0 Å². The molecular weight excluding hydrogens is 286 g/mol. The molecule has 0 bridgehead atoms. The monoisotopic (exact) mass is 311 g/mol. The zero-order valence-corrected chi connectivity index (χ0v) is 13.2. The van der Waals surface area contributed by atoms with Gasteiger partial charge in [0.05, 0.1) is 6.61 Å². The number of likely N-dealkylation sites (tertiary alicyclic amines) is 2. The summed E-state index contributed by atoms with van der Waals surface area (Å²) in [7, 11) is 1.71. The molecule has 2 saturated heterocycles. The van der Waals surface area contributed by atoms with E-state index >= 15 is 0 Å². The molecule has 0 aliphatic carbocycles. The lowest BCUT2D eigenvalue weighted by Crippen LogP contribution is -2.43. The maximum atomic E-state index is 11.9. The highest BCUT2D eigenvalue weighted by Gasteiger charge is 2.30. The lowest BCUT2D eigenvalue weighted by atomic mass is 9.97. The number of carbonyl (C=O) groups excluding carboxylic acids is 3. The summed E-state index contributed by atoms with van der Waals surface area (Å²) >= 11 is 0. The van der Waals surface area contributed by atoms with Gasteiger partial charge in [-0.2, -0.15) is 0 Å². The van der Waals surface area contributed by atoms with Crippen LogP contribution in [-0.2, 0) is 19.1 Å². The average molecular weight is 311 g/mol. The Morgan fingerprint density at radius 1 is 1.23 bits per heavy atom. The van der Waals surface area contributed by atoms with Gasteiger partial charge in [-0.1, -0.05) is 0 Å². The molecule has 22 heavy (non-hydrogen) atoms. The molecule has 2 aliphatic rings. The van der Waals surface area contributed by atoms with E-state index < -0.39 is 0 Å². The quantitative estimate of drug-likeness (QED) is 0.648. The number of piperidine rings is 1. The van der Waals surface area contributed by atoms with Crippen molar-refractivity contribution in [3.05, 3.63) is 0 Å². The van der Waals surface area contributed by atoms with Crippen molar-refractivity contribution in [3.8, 4) is 0 Å². The number of carbonyl (C=O) groups is 3. The fraction of sp³-hybridized carbons (Fsp3) is 0.800. The first-order valence-electron chi connectivity index (χ1n) is 7.91. The number of methoxy groups -OCH3 is 1. The number of ether oxygens (including phenoxy) is 1. The second-order valence-electron chi connectivity index (χ2n) is 5.96. The fourth-order valence-electron chi connectivity index (χ4n) is 2.89. The van der Waals surface area contributed by atoms with Gasteiger partial charge in [0.1, 0.15) is 6.54 Å². The molecule has 2 heterocycles. The van der Waals surface area contributed by atoms with Gasteiger partial charge in [0.2, 0.25) is 17.7 Å². The van der Waals surface area contributed by atoms with Crippen molar-refractivity contribution in [1.29, 1.82) is 0 Å². The van der Waals surface area contributed by atoms with Crippen molar-refractivity contribution in [2.24, 2.45) is 5.92 Å². The first-order valence-corrected chi connectivity index (χ1v) is 7.91. The van der Waals surface area contributed by atoms with Crippen LogP contribution in [-0.4, -0.2) is 74.0 Å². The van der Waals surface area contributed by atoms with Crippen LogP contribution < -0.4 is 5.32 Å². The lowest BCUT2D eigenvalue weighted by Gasteiger charge is -2.31. The standard InChI is InChI=1S/C15H25N3O4/c1-22-9-8-17-6-4-12(5-7-17)10-16-13(19)11-18-14(20)2-3-15(18)21/h12H,2-11H2,1H3,(H,16,19). The number of imide groups is 1. The van der Waals surface area contributed by atoms with E-state index in [0.29, 0.717) is 12.5 Å². The molecule has 7 nitrogen and oxygen atoms in total. The van der Waals surface area contributed by atoms with Gasteiger partial charge in [0.15, 0.2) is 0 Å². The summed E-state index contributed by atoms with van der Waals surface area (Å²) in [6, 6.07) is 0. The van der Waals surface area contributed by atoms with Crippen molar-refractivity contribution in [3.63, 3.8) is 0 Å². The van der Waals surface area contributed by atoms with Gasteiger partial charge in [0, 0.05) is 33.0 Å². The maximum Gasteiger partial charge on any atom is 0.240 e. The zero-order valence-electron chi connectivity index (χ0n) is 13.2. The topological polar surface area (TPSA) is 79.0 Å². The number of nitrogens with zero attached hydrogens (tertiary/aromatic N) is 2. The third-order valence-electron chi connectivity index (χ3n) is 4.36. The number of rotatable bonds is 7. The Hall–Kier alpha value is -1.47. The van der Waals surface area contributed by atoms with Crippen LogP contribution in [0.4, 0.5) is 0 Å². The van der Waals surface area contributed by atoms with E-state index in [2.05, 4.69) is 10.2 Å². The van der Waals surface area contributed by atoms with Crippen LogP contribution in [0.5, 0.6) is 0 Å². The summed E-state index contributed by atoms with van der Waals surface area (Å²) in [4.78, 5) is 38.2. The van der Waals surface area contributed by atoms with Gasteiger partial charge in [-0.3, -0.25) is 19.3 Å². The van der Waals surface area contributed by atoms with E-state index in [4.69, 9.17) is 4.74 Å². The lowest BCUT2D eigenvalue weighted by molar-refractivity contribution is -0.142. The van der Waals surface area contributed by atoms with Crippen LogP contribution in [0.3, 0.4) is 0 Å². The zero-order chi connectivity index (χ0) is 15.9. The van der Waals surface area contributed by atoms with Crippen LogP contribution in [0.2, 0.25) is 0 Å². The molecule has 0 saturated carbocycles. The highest BCUT2D eigenvalue weighted by molar-refractivity contribution is 6.04. The summed E-state index contributed by atoms with van der Waals surface area (Å²) in [5, 5.41) is 2.85. The molecule has 2 fully saturated rings. The van der Waals surface area contributed by atoms with Crippen molar-refractivity contribution < 1.29 is 19.1 Å². The maximum absolute atomic E-state index is 11.9. The predicted molar refractivity (Wildman–Crippen MR) is 80.0 cm³/mol. The summed E-state index contributed by atoms with van der Waals surface area (Å²) in [6.07, 6.45) is 2.55. The van der Waals surface area contributed by atoms with Crippen molar-refractivity contribution in [2.75, 3.05) is 46.4 Å². The van der Waals surface area contributed by atoms with Gasteiger partial charge in [-0.05, 0) is 31.8 Å². The minimum atomic E-state index is -0.245. The van der Waals surface area contributed by atoms with Gasteiger partial charge in [0.25, 0.3) is 0 Å². The Morgan fingerprint density at radius 3 is 2.45 bits per heavy atom. The molecule has 1 N–H and O–H groups in total. The van der Waals surface area contributed by atoms with E-state index in [1.165, 1.54) is 0 Å². The number of amides is 3. The molecule has 0 radical (unpaired) electrons. The molecule has 2 aliphatic heterocycles. The van der Waals surface area contributed by atoms with Crippen LogP contribution in [0.1, 0.15) is 25.7 Å². The molecule has 0 aromatic heterocycles. The minimum absolute atomic E-state index is 0.135. The number of hydrogen-bond acceptors (Lipinski definition) is 5. The van der Waals surface area contributed by atoms with Gasteiger partial charge >= 0.3 is 0 Å². The predicted octanol–water partition coefficient (Wildman–Crippen LogP) is -0.390. The Labute approximate surface area is 131 Å². The molecule has 0 atom stereocenters. The van der Waals surface area contributed by atoms with Gasteiger partial charge in [-0.25, -0.2) is 0 Å². The molecule has 124 valence electrons. The molecule has 0 aromatic carbocycles.